The standard InChI is InChI=1S/C39H46N2O6S4/c1-7-8-9-13-20-40-29-17-18-31-27(19-22-48-31)35(29)38(3,4)32(40)15-11-10-12-16-33-39(5,6)36-28-25-34(51(45,46)47)49-37(28)26(2)24-30(36)41(33)21-14-23-50(42,43)44/h10-12,15-19,22,24-25H,7-9,13-14,20-21,23H2,1-6H3,(H-,42,43,44,45,46,47)/p+1. The minimum atomic E-state index is -4.40. The highest BCUT2D eigenvalue weighted by molar-refractivity contribution is 7.88. The molecule has 0 saturated carbocycles. The Morgan fingerprint density at radius 1 is 0.882 bits per heavy atom. The predicted octanol–water partition coefficient (Wildman–Crippen LogP) is 9.70. The van der Waals surface area contributed by atoms with Gasteiger partial charge in [0.25, 0.3) is 10.1 Å². The maximum Gasteiger partial charge on any atom is 0.304 e. The van der Waals surface area contributed by atoms with E-state index < -0.39 is 25.7 Å². The number of aryl methyl sites for hydroxylation is 1. The van der Waals surface area contributed by atoms with Crippen molar-refractivity contribution in [2.75, 3.05) is 23.7 Å². The number of anilines is 1. The summed E-state index contributed by atoms with van der Waals surface area (Å²) in [6.45, 7) is 14.2. The van der Waals surface area contributed by atoms with E-state index in [0.717, 1.165) is 56.9 Å². The molecule has 0 aliphatic carbocycles. The van der Waals surface area contributed by atoms with E-state index in [9.17, 15) is 25.9 Å². The molecular weight excluding hydrogens is 721 g/mol. The molecule has 0 bridgehead atoms. The second kappa shape index (κ2) is 14.0. The summed E-state index contributed by atoms with van der Waals surface area (Å²) in [5.74, 6) is -0.374. The maximum atomic E-state index is 12.1. The summed E-state index contributed by atoms with van der Waals surface area (Å²) in [7, 11) is -8.54. The zero-order valence-electron chi connectivity index (χ0n) is 30.1. The first kappa shape index (κ1) is 37.6. The van der Waals surface area contributed by atoms with Gasteiger partial charge in [-0.05, 0) is 80.5 Å². The van der Waals surface area contributed by atoms with Gasteiger partial charge in [-0.3, -0.25) is 9.11 Å². The molecule has 12 heteroatoms. The highest BCUT2D eigenvalue weighted by Gasteiger charge is 2.46. The van der Waals surface area contributed by atoms with Gasteiger partial charge in [-0.15, -0.1) is 22.7 Å². The van der Waals surface area contributed by atoms with Gasteiger partial charge in [0.1, 0.15) is 10.8 Å². The molecule has 0 radical (unpaired) electrons. The second-order valence-electron chi connectivity index (χ2n) is 14.6. The smallest absolute Gasteiger partial charge is 0.304 e. The van der Waals surface area contributed by atoms with E-state index in [2.05, 4.69) is 79.8 Å². The SMILES string of the molecule is CCCCCC[N+]1=C(/C=C/C=C/C=C2/N(CCCS(=O)(=O)O)c3cc(C)c4sc(S(=O)(=O)O)cc4c3C2(C)C)C(C)(C)c2c1ccc1sccc21. The van der Waals surface area contributed by atoms with Crippen LogP contribution in [0.1, 0.15) is 83.4 Å². The number of fused-ring (bicyclic) bond motifs is 6. The molecule has 51 heavy (non-hydrogen) atoms. The first-order chi connectivity index (χ1) is 24.0. The monoisotopic (exact) mass is 767 g/mol. The molecule has 2 N–H and O–H groups in total. The molecule has 8 nitrogen and oxygen atoms in total. The van der Waals surface area contributed by atoms with Gasteiger partial charge >= 0.3 is 10.1 Å². The van der Waals surface area contributed by atoms with E-state index in [4.69, 9.17) is 0 Å². The number of rotatable bonds is 13. The lowest BCUT2D eigenvalue weighted by Crippen LogP contribution is -2.28. The quantitative estimate of drug-likeness (QED) is 0.0603. The Balaban J connectivity index is 1.37. The van der Waals surface area contributed by atoms with Crippen LogP contribution in [0.2, 0.25) is 0 Å². The molecule has 0 amide bonds. The van der Waals surface area contributed by atoms with Crippen LogP contribution in [0.5, 0.6) is 0 Å². The van der Waals surface area contributed by atoms with Crippen molar-refractivity contribution >= 4 is 80.2 Å². The summed E-state index contributed by atoms with van der Waals surface area (Å²) in [4.78, 5) is 2.07. The number of unbranched alkanes of at least 4 members (excludes halogenated alkanes) is 3. The number of allylic oxidation sites excluding steroid dienone is 6. The third kappa shape index (κ3) is 7.15. The summed E-state index contributed by atoms with van der Waals surface area (Å²) in [5.41, 5.74) is 6.69. The van der Waals surface area contributed by atoms with Crippen LogP contribution in [0.3, 0.4) is 0 Å². The predicted molar refractivity (Wildman–Crippen MR) is 213 cm³/mol. The molecule has 0 atom stereocenters. The third-order valence-corrected chi connectivity index (χ3v) is 14.5. The summed E-state index contributed by atoms with van der Waals surface area (Å²) in [6, 6.07) is 10.3. The van der Waals surface area contributed by atoms with Gasteiger partial charge in [-0.2, -0.15) is 21.4 Å². The number of hydrogen-bond donors (Lipinski definition) is 2. The van der Waals surface area contributed by atoms with Crippen molar-refractivity contribution in [3.05, 3.63) is 88.5 Å². The number of benzene rings is 2. The molecule has 0 spiro atoms. The number of nitrogens with zero attached hydrogens (tertiary/aromatic N) is 2. The molecule has 0 saturated heterocycles. The minimum Gasteiger partial charge on any atom is -0.344 e. The van der Waals surface area contributed by atoms with Crippen molar-refractivity contribution in [3.63, 3.8) is 0 Å². The van der Waals surface area contributed by atoms with Crippen LogP contribution >= 0.6 is 22.7 Å². The van der Waals surface area contributed by atoms with Crippen molar-refractivity contribution in [1.82, 2.24) is 0 Å². The lowest BCUT2D eigenvalue weighted by molar-refractivity contribution is -0.438. The first-order valence-corrected chi connectivity index (χ1v) is 22.2. The highest BCUT2D eigenvalue weighted by atomic mass is 32.3. The molecule has 0 fully saturated rings. The normalized spacial score (nSPS) is 18.0. The van der Waals surface area contributed by atoms with Gasteiger partial charge in [-0.1, -0.05) is 51.8 Å². The van der Waals surface area contributed by atoms with E-state index in [1.807, 2.05) is 31.2 Å². The van der Waals surface area contributed by atoms with Crippen LogP contribution in [0.25, 0.3) is 20.2 Å². The fraction of sp³-hybridized carbons (Fsp3) is 0.410. The largest absolute Gasteiger partial charge is 0.344 e. The van der Waals surface area contributed by atoms with Gasteiger partial charge in [0.2, 0.25) is 5.69 Å². The van der Waals surface area contributed by atoms with Gasteiger partial charge in [0.15, 0.2) is 5.71 Å². The zero-order valence-corrected chi connectivity index (χ0v) is 33.3. The van der Waals surface area contributed by atoms with E-state index in [-0.39, 0.29) is 21.8 Å². The van der Waals surface area contributed by atoms with Crippen LogP contribution in [0.4, 0.5) is 11.4 Å². The van der Waals surface area contributed by atoms with Crippen LogP contribution in [-0.4, -0.2) is 55.1 Å². The molecular formula is C39H47N2O6S4+. The van der Waals surface area contributed by atoms with E-state index in [1.165, 1.54) is 52.4 Å². The molecule has 2 aliphatic rings. The number of thiophene rings is 2. The Morgan fingerprint density at radius 2 is 1.65 bits per heavy atom. The van der Waals surface area contributed by atoms with E-state index in [1.54, 1.807) is 11.3 Å². The van der Waals surface area contributed by atoms with Crippen molar-refractivity contribution in [2.24, 2.45) is 0 Å². The Kier molecular flexibility index (Phi) is 10.3. The number of hydrogen-bond acceptors (Lipinski definition) is 7. The average molecular weight is 768 g/mol. The molecule has 4 heterocycles. The molecule has 0 unspecified atom stereocenters. The topological polar surface area (TPSA) is 115 Å². The van der Waals surface area contributed by atoms with E-state index >= 15 is 0 Å². The molecule has 4 aromatic rings. The zero-order chi connectivity index (χ0) is 36.9. The van der Waals surface area contributed by atoms with Crippen LogP contribution in [0, 0.1) is 6.92 Å². The van der Waals surface area contributed by atoms with Gasteiger partial charge in [0.05, 0.1) is 11.2 Å². The molecule has 272 valence electrons. The Bertz CT molecular complexity index is 2360. The van der Waals surface area contributed by atoms with E-state index in [0.29, 0.717) is 6.54 Å². The second-order valence-corrected chi connectivity index (χ2v) is 19.8. The van der Waals surface area contributed by atoms with Crippen LogP contribution in [0.15, 0.2) is 76.0 Å². The molecule has 6 rings (SSSR count). The van der Waals surface area contributed by atoms with Gasteiger partial charge in [0, 0.05) is 67.6 Å². The van der Waals surface area contributed by atoms with Crippen molar-refractivity contribution < 1.29 is 30.5 Å². The van der Waals surface area contributed by atoms with Gasteiger partial charge < -0.3 is 4.90 Å². The Hall–Kier alpha value is -3.13. The molecule has 2 aromatic heterocycles. The Morgan fingerprint density at radius 3 is 2.35 bits per heavy atom. The van der Waals surface area contributed by atoms with Crippen LogP contribution < -0.4 is 4.90 Å². The van der Waals surface area contributed by atoms with Crippen molar-refractivity contribution in [1.29, 1.82) is 0 Å². The summed E-state index contributed by atoms with van der Waals surface area (Å²) < 4.78 is 71.3. The fourth-order valence-corrected chi connectivity index (χ4v) is 11.1. The molecule has 2 aromatic carbocycles. The van der Waals surface area contributed by atoms with Crippen molar-refractivity contribution in [3.8, 4) is 0 Å². The lowest BCUT2D eigenvalue weighted by atomic mass is 9.80. The van der Waals surface area contributed by atoms with Crippen molar-refractivity contribution in [2.45, 2.75) is 88.7 Å². The first-order valence-electron chi connectivity index (χ1n) is 17.5. The third-order valence-electron chi connectivity index (χ3n) is 10.3. The van der Waals surface area contributed by atoms with Gasteiger partial charge in [-0.25, -0.2) is 0 Å². The summed E-state index contributed by atoms with van der Waals surface area (Å²) >= 11 is 2.82. The Labute approximate surface area is 310 Å². The maximum absolute atomic E-state index is 12.1. The average Bonchev–Trinajstić information content (AvgIpc) is 3.78. The minimum absolute atomic E-state index is 0.112. The molecule has 2 aliphatic heterocycles. The summed E-state index contributed by atoms with van der Waals surface area (Å²) in [6.07, 6.45) is 15.3. The lowest BCUT2D eigenvalue weighted by Gasteiger charge is -2.27. The highest BCUT2D eigenvalue weighted by Crippen LogP contribution is 2.53. The van der Waals surface area contributed by atoms with Crippen LogP contribution in [-0.2, 0) is 31.1 Å². The summed E-state index contributed by atoms with van der Waals surface area (Å²) in [5, 5.41) is 4.24. The fourth-order valence-electron chi connectivity index (χ4n) is 7.97.